The molecule has 0 bridgehead atoms. The summed E-state index contributed by atoms with van der Waals surface area (Å²) in [5.41, 5.74) is 3.69. The van der Waals surface area contributed by atoms with Gasteiger partial charge in [-0.3, -0.25) is 0 Å². The molecule has 2 aromatic carbocycles. The average Bonchev–Trinajstić information content (AvgIpc) is 2.47. The topological polar surface area (TPSA) is 21.3 Å². The highest BCUT2D eigenvalue weighted by atomic mass is 16.5. The molecule has 0 heterocycles. The van der Waals surface area contributed by atoms with Crippen LogP contribution >= 0.6 is 0 Å². The first-order chi connectivity index (χ1) is 9.24. The van der Waals surface area contributed by atoms with Crippen LogP contribution < -0.4 is 10.1 Å². The first kappa shape index (κ1) is 13.5. The zero-order chi connectivity index (χ0) is 13.7. The lowest BCUT2D eigenvalue weighted by Gasteiger charge is -2.20. The predicted octanol–water partition coefficient (Wildman–Crippen LogP) is 4.57. The summed E-state index contributed by atoms with van der Waals surface area (Å²) in [5.74, 6) is 0.899. The zero-order valence-corrected chi connectivity index (χ0v) is 11.8. The van der Waals surface area contributed by atoms with Crippen LogP contribution in [-0.4, -0.2) is 7.11 Å². The van der Waals surface area contributed by atoms with Crippen LogP contribution in [0.2, 0.25) is 0 Å². The number of ether oxygens (including phenoxy) is 1. The molecule has 0 amide bonds. The van der Waals surface area contributed by atoms with Gasteiger partial charge in [-0.25, -0.2) is 0 Å². The molecule has 0 aliphatic carbocycles. The summed E-state index contributed by atoms with van der Waals surface area (Å²) in [6, 6.07) is 17.0. The van der Waals surface area contributed by atoms with Crippen LogP contribution in [-0.2, 0) is 0 Å². The molecule has 0 aliphatic heterocycles. The van der Waals surface area contributed by atoms with Crippen molar-refractivity contribution in [1.29, 1.82) is 0 Å². The standard InChI is InChI=1S/C17H21NO/c1-4-16(14-8-6-5-7-9-14)18-17-11-10-15(19-3)12-13(17)2/h5-12,16,18H,4H2,1-3H3. The third-order valence-corrected chi connectivity index (χ3v) is 3.37. The van der Waals surface area contributed by atoms with Gasteiger partial charge in [-0.05, 0) is 42.7 Å². The summed E-state index contributed by atoms with van der Waals surface area (Å²) in [5, 5.41) is 3.61. The fourth-order valence-corrected chi connectivity index (χ4v) is 2.22. The molecule has 0 saturated carbocycles. The van der Waals surface area contributed by atoms with Gasteiger partial charge in [-0.1, -0.05) is 37.3 Å². The average molecular weight is 255 g/mol. The van der Waals surface area contributed by atoms with Crippen molar-refractivity contribution in [2.24, 2.45) is 0 Å². The summed E-state index contributed by atoms with van der Waals surface area (Å²) in [6.45, 7) is 4.30. The second-order valence-corrected chi connectivity index (χ2v) is 4.70. The van der Waals surface area contributed by atoms with Crippen LogP contribution in [0.25, 0.3) is 0 Å². The van der Waals surface area contributed by atoms with Crippen LogP contribution in [0.4, 0.5) is 5.69 Å². The zero-order valence-electron chi connectivity index (χ0n) is 11.8. The summed E-state index contributed by atoms with van der Waals surface area (Å²) in [7, 11) is 1.70. The number of hydrogen-bond donors (Lipinski definition) is 1. The predicted molar refractivity (Wildman–Crippen MR) is 80.8 cm³/mol. The highest BCUT2D eigenvalue weighted by Crippen LogP contribution is 2.27. The van der Waals surface area contributed by atoms with E-state index in [1.165, 1.54) is 11.1 Å². The van der Waals surface area contributed by atoms with Gasteiger partial charge in [0.25, 0.3) is 0 Å². The van der Waals surface area contributed by atoms with Crippen molar-refractivity contribution in [3.63, 3.8) is 0 Å². The molecule has 0 aromatic heterocycles. The number of aryl methyl sites for hydroxylation is 1. The Morgan fingerprint density at radius 1 is 1.11 bits per heavy atom. The molecule has 19 heavy (non-hydrogen) atoms. The molecule has 2 heteroatoms. The molecule has 1 N–H and O–H groups in total. The van der Waals surface area contributed by atoms with E-state index in [1.54, 1.807) is 7.11 Å². The third kappa shape index (κ3) is 3.28. The van der Waals surface area contributed by atoms with Crippen molar-refractivity contribution in [3.05, 3.63) is 59.7 Å². The minimum Gasteiger partial charge on any atom is -0.497 e. The molecule has 0 spiro atoms. The smallest absolute Gasteiger partial charge is 0.119 e. The Kier molecular flexibility index (Phi) is 4.45. The van der Waals surface area contributed by atoms with Crippen LogP contribution in [0.1, 0.15) is 30.5 Å². The van der Waals surface area contributed by atoms with Crippen molar-refractivity contribution in [1.82, 2.24) is 0 Å². The maximum Gasteiger partial charge on any atom is 0.119 e. The summed E-state index contributed by atoms with van der Waals surface area (Å²) in [4.78, 5) is 0. The summed E-state index contributed by atoms with van der Waals surface area (Å²) in [6.07, 6.45) is 1.05. The van der Waals surface area contributed by atoms with Gasteiger partial charge in [0.1, 0.15) is 5.75 Å². The van der Waals surface area contributed by atoms with Crippen molar-refractivity contribution in [2.75, 3.05) is 12.4 Å². The molecule has 0 radical (unpaired) electrons. The second kappa shape index (κ2) is 6.28. The number of nitrogens with one attached hydrogen (secondary N) is 1. The Balaban J connectivity index is 2.19. The molecule has 0 saturated heterocycles. The van der Waals surface area contributed by atoms with E-state index in [2.05, 4.69) is 61.6 Å². The largest absolute Gasteiger partial charge is 0.497 e. The van der Waals surface area contributed by atoms with Gasteiger partial charge in [0.05, 0.1) is 13.2 Å². The second-order valence-electron chi connectivity index (χ2n) is 4.70. The number of methoxy groups -OCH3 is 1. The molecule has 2 aromatic rings. The van der Waals surface area contributed by atoms with E-state index in [1.807, 2.05) is 6.07 Å². The Morgan fingerprint density at radius 3 is 2.42 bits per heavy atom. The van der Waals surface area contributed by atoms with E-state index >= 15 is 0 Å². The molecule has 0 aliphatic rings. The number of rotatable bonds is 5. The first-order valence-electron chi connectivity index (χ1n) is 6.70. The van der Waals surface area contributed by atoms with Gasteiger partial charge in [-0.2, -0.15) is 0 Å². The fourth-order valence-electron chi connectivity index (χ4n) is 2.22. The van der Waals surface area contributed by atoms with E-state index in [0.717, 1.165) is 17.9 Å². The van der Waals surface area contributed by atoms with Gasteiger partial charge >= 0.3 is 0 Å². The number of benzene rings is 2. The van der Waals surface area contributed by atoms with Crippen LogP contribution in [0, 0.1) is 6.92 Å². The van der Waals surface area contributed by atoms with E-state index in [0.29, 0.717) is 6.04 Å². The van der Waals surface area contributed by atoms with E-state index in [9.17, 15) is 0 Å². The normalized spacial score (nSPS) is 11.9. The van der Waals surface area contributed by atoms with Gasteiger partial charge in [0, 0.05) is 5.69 Å². The van der Waals surface area contributed by atoms with Gasteiger partial charge in [0.2, 0.25) is 0 Å². The lowest BCUT2D eigenvalue weighted by molar-refractivity contribution is 0.414. The third-order valence-electron chi connectivity index (χ3n) is 3.37. The minimum atomic E-state index is 0.341. The van der Waals surface area contributed by atoms with Crippen molar-refractivity contribution in [2.45, 2.75) is 26.3 Å². The van der Waals surface area contributed by atoms with Crippen molar-refractivity contribution >= 4 is 5.69 Å². The Morgan fingerprint density at radius 2 is 1.84 bits per heavy atom. The quantitative estimate of drug-likeness (QED) is 0.845. The van der Waals surface area contributed by atoms with Gasteiger partial charge in [-0.15, -0.1) is 0 Å². The number of hydrogen-bond acceptors (Lipinski definition) is 2. The molecule has 1 atom stereocenters. The number of anilines is 1. The molecule has 2 rings (SSSR count). The highest BCUT2D eigenvalue weighted by Gasteiger charge is 2.10. The lowest BCUT2D eigenvalue weighted by atomic mass is 10.0. The SMILES string of the molecule is CCC(Nc1ccc(OC)cc1C)c1ccccc1. The Bertz CT molecular complexity index is 522. The van der Waals surface area contributed by atoms with E-state index < -0.39 is 0 Å². The van der Waals surface area contributed by atoms with E-state index in [4.69, 9.17) is 4.74 Å². The minimum absolute atomic E-state index is 0.341. The lowest BCUT2D eigenvalue weighted by Crippen LogP contribution is -2.10. The maximum atomic E-state index is 5.24. The maximum absolute atomic E-state index is 5.24. The fraction of sp³-hybridized carbons (Fsp3) is 0.294. The molecular weight excluding hydrogens is 234 g/mol. The van der Waals surface area contributed by atoms with Gasteiger partial charge < -0.3 is 10.1 Å². The molecular formula is C17H21NO. The summed E-state index contributed by atoms with van der Waals surface area (Å²) < 4.78 is 5.24. The van der Waals surface area contributed by atoms with E-state index in [-0.39, 0.29) is 0 Å². The molecule has 2 nitrogen and oxygen atoms in total. The van der Waals surface area contributed by atoms with Crippen molar-refractivity contribution < 1.29 is 4.74 Å². The summed E-state index contributed by atoms with van der Waals surface area (Å²) >= 11 is 0. The van der Waals surface area contributed by atoms with Crippen molar-refractivity contribution in [3.8, 4) is 5.75 Å². The monoisotopic (exact) mass is 255 g/mol. The van der Waals surface area contributed by atoms with Gasteiger partial charge in [0.15, 0.2) is 0 Å². The Hall–Kier alpha value is -1.96. The molecule has 0 fully saturated rings. The van der Waals surface area contributed by atoms with Crippen LogP contribution in [0.5, 0.6) is 5.75 Å². The first-order valence-corrected chi connectivity index (χ1v) is 6.70. The highest BCUT2D eigenvalue weighted by molar-refractivity contribution is 5.54. The molecule has 100 valence electrons. The Labute approximate surface area is 115 Å². The van der Waals surface area contributed by atoms with Crippen LogP contribution in [0.15, 0.2) is 48.5 Å². The van der Waals surface area contributed by atoms with Crippen LogP contribution in [0.3, 0.4) is 0 Å². The molecule has 1 unspecified atom stereocenters.